The highest BCUT2D eigenvalue weighted by molar-refractivity contribution is 7.99. The fraction of sp³-hybridized carbons (Fsp3) is 0. The van der Waals surface area contributed by atoms with Crippen LogP contribution in [0.3, 0.4) is 0 Å². The minimum Gasteiger partial charge on any atom is -0.453 e. The van der Waals surface area contributed by atoms with E-state index in [4.69, 9.17) is 14.7 Å². The molecule has 0 atom stereocenters. The van der Waals surface area contributed by atoms with E-state index in [0.717, 1.165) is 100.0 Å². The van der Waals surface area contributed by atoms with Crippen LogP contribution in [-0.2, 0) is 0 Å². The van der Waals surface area contributed by atoms with Gasteiger partial charge in [-0.05, 0) is 84.9 Å². The molecule has 2 aliphatic rings. The van der Waals surface area contributed by atoms with Crippen LogP contribution in [0.4, 0.5) is 34.1 Å². The number of para-hydroxylation sites is 9. The Labute approximate surface area is 342 Å². The van der Waals surface area contributed by atoms with Gasteiger partial charge in [-0.3, -0.25) is 0 Å². The first-order valence-corrected chi connectivity index (χ1v) is 20.8. The number of H-pyrrole nitrogens is 1. The molecule has 8 aromatic carbocycles. The number of thiazole rings is 1. The van der Waals surface area contributed by atoms with Crippen LogP contribution in [0.5, 0.6) is 11.5 Å². The highest BCUT2D eigenvalue weighted by Gasteiger charge is 2.31. The van der Waals surface area contributed by atoms with Crippen molar-refractivity contribution in [1.82, 2.24) is 15.0 Å². The van der Waals surface area contributed by atoms with Crippen LogP contribution in [0.15, 0.2) is 192 Å². The van der Waals surface area contributed by atoms with Gasteiger partial charge in [0.15, 0.2) is 11.5 Å². The molecule has 0 amide bonds. The monoisotopic (exact) mass is 781 g/mol. The summed E-state index contributed by atoms with van der Waals surface area (Å²) < 4.78 is 7.70. The van der Waals surface area contributed by atoms with Gasteiger partial charge in [-0.15, -0.1) is 11.3 Å². The predicted octanol–water partition coefficient (Wildman–Crippen LogP) is 14.7. The van der Waals surface area contributed by atoms with Crippen molar-refractivity contribution < 1.29 is 4.74 Å². The number of aromatic nitrogens is 3. The molecule has 2 aliphatic heterocycles. The highest BCUT2D eigenvalue weighted by Crippen LogP contribution is 2.57. The quantitative estimate of drug-likeness (QED) is 0.188. The van der Waals surface area contributed by atoms with Gasteiger partial charge in [0.2, 0.25) is 0 Å². The number of benzene rings is 8. The fourth-order valence-corrected chi connectivity index (χ4v) is 10.2. The summed E-state index contributed by atoms with van der Waals surface area (Å²) in [6.07, 6.45) is 0. The van der Waals surface area contributed by atoms with Gasteiger partial charge >= 0.3 is 0 Å². The Morgan fingerprint density at radius 1 is 0.448 bits per heavy atom. The molecule has 1 N–H and O–H groups in total. The predicted molar refractivity (Wildman–Crippen MR) is 239 cm³/mol. The summed E-state index contributed by atoms with van der Waals surface area (Å²) in [5.41, 5.74) is 13.4. The van der Waals surface area contributed by atoms with Crippen LogP contribution >= 0.6 is 23.1 Å². The Morgan fingerprint density at radius 3 is 1.66 bits per heavy atom. The molecule has 8 heteroatoms. The molecule has 10 aromatic rings. The van der Waals surface area contributed by atoms with Crippen LogP contribution in [-0.4, -0.2) is 15.0 Å². The molecule has 12 rings (SSSR count). The van der Waals surface area contributed by atoms with E-state index in [1.165, 1.54) is 9.79 Å². The van der Waals surface area contributed by atoms with Gasteiger partial charge < -0.3 is 19.5 Å². The molecule has 6 nitrogen and oxygen atoms in total. The average molecular weight is 782 g/mol. The third kappa shape index (κ3) is 5.34. The third-order valence-corrected chi connectivity index (χ3v) is 13.1. The molecule has 0 bridgehead atoms. The number of hydrogen-bond donors (Lipinski definition) is 1. The first kappa shape index (κ1) is 33.1. The number of imidazole rings is 1. The van der Waals surface area contributed by atoms with Gasteiger partial charge in [0.05, 0.1) is 55.4 Å². The molecule has 0 aliphatic carbocycles. The van der Waals surface area contributed by atoms with E-state index < -0.39 is 0 Å². The number of rotatable bonds is 5. The zero-order valence-corrected chi connectivity index (χ0v) is 32.5. The zero-order chi connectivity index (χ0) is 38.2. The van der Waals surface area contributed by atoms with E-state index in [2.05, 4.69) is 154 Å². The standard InChI is InChI=1S/C50H31N5OS2/c1-2-14-36-35(13-1)51-49(52-36)31-25-27-33(42(29-31)55-40-18-6-11-23-47(40)57-48-24-12-7-19-41(48)55)34-28-26-32(50-53-37-15-3-10-22-46(37)58-50)30-43(34)54-38-16-4-8-20-44(38)56-45-21-9-5-17-39(45)54/h1-30H,(H,51,52). The topological polar surface area (TPSA) is 57.3 Å². The van der Waals surface area contributed by atoms with Crippen molar-refractivity contribution in [1.29, 1.82) is 0 Å². The van der Waals surface area contributed by atoms with Crippen molar-refractivity contribution in [3.05, 3.63) is 182 Å². The van der Waals surface area contributed by atoms with Crippen molar-refractivity contribution in [2.24, 2.45) is 0 Å². The number of nitrogens with zero attached hydrogens (tertiary/aromatic N) is 4. The minimum atomic E-state index is 0.800. The second kappa shape index (κ2) is 13.2. The summed E-state index contributed by atoms with van der Waals surface area (Å²) in [5, 5.41) is 0.972. The van der Waals surface area contributed by atoms with E-state index in [9.17, 15) is 0 Å². The number of fused-ring (bicyclic) bond motifs is 6. The van der Waals surface area contributed by atoms with Crippen molar-refractivity contribution in [3.8, 4) is 44.6 Å². The average Bonchev–Trinajstić information content (AvgIpc) is 3.92. The van der Waals surface area contributed by atoms with Crippen LogP contribution in [0, 0.1) is 0 Å². The molecule has 0 saturated carbocycles. The highest BCUT2D eigenvalue weighted by atomic mass is 32.2. The number of hydrogen-bond acceptors (Lipinski definition) is 7. The number of anilines is 6. The Bertz CT molecular complexity index is 2870. The Morgan fingerprint density at radius 2 is 0.983 bits per heavy atom. The lowest BCUT2D eigenvalue weighted by Crippen LogP contribution is -2.18. The van der Waals surface area contributed by atoms with Crippen LogP contribution in [0.25, 0.3) is 54.3 Å². The first-order valence-electron chi connectivity index (χ1n) is 19.2. The van der Waals surface area contributed by atoms with Gasteiger partial charge in [-0.25, -0.2) is 9.97 Å². The van der Waals surface area contributed by atoms with Gasteiger partial charge in [0.1, 0.15) is 10.8 Å². The smallest absolute Gasteiger partial charge is 0.151 e. The molecule has 0 saturated heterocycles. The lowest BCUT2D eigenvalue weighted by atomic mass is 9.95. The van der Waals surface area contributed by atoms with E-state index in [1.54, 1.807) is 11.3 Å². The maximum absolute atomic E-state index is 6.54. The normalized spacial score (nSPS) is 12.8. The maximum atomic E-state index is 6.54. The van der Waals surface area contributed by atoms with Gasteiger partial charge in [0, 0.05) is 32.0 Å². The van der Waals surface area contributed by atoms with Gasteiger partial charge in [-0.2, -0.15) is 0 Å². The van der Waals surface area contributed by atoms with E-state index >= 15 is 0 Å². The fourth-order valence-electron chi connectivity index (χ4n) is 8.18. The molecule has 0 spiro atoms. The molecule has 0 radical (unpaired) electrons. The first-order chi connectivity index (χ1) is 28.7. The van der Waals surface area contributed by atoms with Crippen molar-refractivity contribution in [2.45, 2.75) is 9.79 Å². The molecule has 4 heterocycles. The van der Waals surface area contributed by atoms with Crippen molar-refractivity contribution in [2.75, 3.05) is 9.80 Å². The minimum absolute atomic E-state index is 0.800. The van der Waals surface area contributed by atoms with Crippen LogP contribution in [0.1, 0.15) is 0 Å². The van der Waals surface area contributed by atoms with Crippen LogP contribution < -0.4 is 14.5 Å². The summed E-state index contributed by atoms with van der Waals surface area (Å²) in [6.45, 7) is 0. The van der Waals surface area contributed by atoms with E-state index in [0.29, 0.717) is 0 Å². The molecule has 2 aromatic heterocycles. The SMILES string of the molecule is c1ccc2c(c1)Oc1ccccc1N2c1cc(-c2nc3ccccc3s2)ccc1-c1ccc(-c2nc3ccccc3[nH]2)cc1N1c2ccccc2Sc2ccccc21. The summed E-state index contributed by atoms with van der Waals surface area (Å²) in [4.78, 5) is 21.0. The second-order valence-electron chi connectivity index (χ2n) is 14.3. The Kier molecular flexibility index (Phi) is 7.54. The van der Waals surface area contributed by atoms with E-state index in [-0.39, 0.29) is 0 Å². The number of nitrogens with one attached hydrogen (secondary N) is 1. The lowest BCUT2D eigenvalue weighted by Gasteiger charge is -2.36. The van der Waals surface area contributed by atoms with Gasteiger partial charge in [0.25, 0.3) is 0 Å². The summed E-state index contributed by atoms with van der Waals surface area (Å²) in [6, 6.07) is 64.0. The Hall–Kier alpha value is -7.13. The molecule has 274 valence electrons. The second-order valence-corrected chi connectivity index (χ2v) is 16.4. The summed E-state index contributed by atoms with van der Waals surface area (Å²) in [5.74, 6) is 2.42. The largest absolute Gasteiger partial charge is 0.453 e. The molecule has 0 fully saturated rings. The molecular weight excluding hydrogens is 751 g/mol. The summed E-state index contributed by atoms with van der Waals surface area (Å²) >= 11 is 3.52. The molecule has 58 heavy (non-hydrogen) atoms. The lowest BCUT2D eigenvalue weighted by molar-refractivity contribution is 0.477. The van der Waals surface area contributed by atoms with E-state index in [1.807, 2.05) is 54.2 Å². The molecular formula is C50H31N5OS2. The molecule has 0 unspecified atom stereocenters. The summed E-state index contributed by atoms with van der Waals surface area (Å²) in [7, 11) is 0. The van der Waals surface area contributed by atoms with Crippen molar-refractivity contribution >= 4 is 78.5 Å². The maximum Gasteiger partial charge on any atom is 0.151 e. The Balaban J connectivity index is 1.15. The van der Waals surface area contributed by atoms with Crippen molar-refractivity contribution in [3.63, 3.8) is 0 Å². The number of ether oxygens (including phenoxy) is 1. The number of aromatic amines is 1. The third-order valence-electron chi connectivity index (χ3n) is 10.8. The zero-order valence-electron chi connectivity index (χ0n) is 30.8. The van der Waals surface area contributed by atoms with Crippen LogP contribution in [0.2, 0.25) is 0 Å². The van der Waals surface area contributed by atoms with Gasteiger partial charge in [-0.1, -0.05) is 109 Å².